The van der Waals surface area contributed by atoms with Crippen molar-refractivity contribution in [3.8, 4) is 0 Å². The van der Waals surface area contributed by atoms with Crippen LogP contribution in [0.1, 0.15) is 0 Å². The Bertz CT molecular complexity index is 236. The van der Waals surface area contributed by atoms with Crippen LogP contribution in [0.3, 0.4) is 0 Å². The highest BCUT2D eigenvalue weighted by atomic mass is 15.4. The standard InChI is InChI=1S/C8H14N4/c1-11(2)7-5-12(6-7)8-9-3-4-10-8/h3-4,7H,5-6H2,1-2H3,(H,9,10). The molecule has 1 saturated heterocycles. The van der Waals surface area contributed by atoms with Gasteiger partial charge in [-0.25, -0.2) is 4.98 Å². The first-order valence-corrected chi connectivity index (χ1v) is 4.18. The molecule has 2 rings (SSSR count). The molecule has 0 atom stereocenters. The summed E-state index contributed by atoms with van der Waals surface area (Å²) in [6, 6.07) is 0.690. The van der Waals surface area contributed by atoms with Crippen LogP contribution in [-0.4, -0.2) is 48.1 Å². The van der Waals surface area contributed by atoms with Crippen molar-refractivity contribution >= 4 is 5.95 Å². The molecule has 66 valence electrons. The van der Waals surface area contributed by atoms with Gasteiger partial charge in [-0.2, -0.15) is 0 Å². The number of anilines is 1. The van der Waals surface area contributed by atoms with E-state index < -0.39 is 0 Å². The van der Waals surface area contributed by atoms with Crippen molar-refractivity contribution in [3.63, 3.8) is 0 Å². The van der Waals surface area contributed by atoms with Gasteiger partial charge >= 0.3 is 0 Å². The zero-order chi connectivity index (χ0) is 8.55. The van der Waals surface area contributed by atoms with Gasteiger partial charge in [-0.3, -0.25) is 0 Å². The predicted molar refractivity (Wildman–Crippen MR) is 48.3 cm³/mol. The van der Waals surface area contributed by atoms with E-state index in [9.17, 15) is 0 Å². The van der Waals surface area contributed by atoms with E-state index in [4.69, 9.17) is 0 Å². The molecule has 4 heteroatoms. The van der Waals surface area contributed by atoms with Crippen LogP contribution in [-0.2, 0) is 0 Å². The predicted octanol–water partition coefficient (Wildman–Crippen LogP) is 0.160. The van der Waals surface area contributed by atoms with Crippen LogP contribution in [0.4, 0.5) is 5.95 Å². The highest BCUT2D eigenvalue weighted by molar-refractivity contribution is 5.34. The quantitative estimate of drug-likeness (QED) is 0.679. The van der Waals surface area contributed by atoms with Gasteiger partial charge in [-0.05, 0) is 14.1 Å². The minimum atomic E-state index is 0.690. The van der Waals surface area contributed by atoms with Crippen molar-refractivity contribution in [3.05, 3.63) is 12.4 Å². The number of hydrogen-bond donors (Lipinski definition) is 1. The summed E-state index contributed by atoms with van der Waals surface area (Å²) >= 11 is 0. The fraction of sp³-hybridized carbons (Fsp3) is 0.625. The number of nitrogens with one attached hydrogen (secondary N) is 1. The van der Waals surface area contributed by atoms with E-state index in [-0.39, 0.29) is 0 Å². The molecule has 1 aliphatic heterocycles. The van der Waals surface area contributed by atoms with Crippen LogP contribution < -0.4 is 4.90 Å². The van der Waals surface area contributed by atoms with Gasteiger partial charge in [0.2, 0.25) is 5.95 Å². The van der Waals surface area contributed by atoms with E-state index in [2.05, 4.69) is 33.9 Å². The van der Waals surface area contributed by atoms with Crippen molar-refractivity contribution in [1.29, 1.82) is 0 Å². The van der Waals surface area contributed by atoms with Gasteiger partial charge in [-0.15, -0.1) is 0 Å². The third-order valence-corrected chi connectivity index (χ3v) is 2.38. The summed E-state index contributed by atoms with van der Waals surface area (Å²) in [5, 5.41) is 0. The number of hydrogen-bond acceptors (Lipinski definition) is 3. The Kier molecular flexibility index (Phi) is 1.77. The summed E-state index contributed by atoms with van der Waals surface area (Å²) in [7, 11) is 4.23. The highest BCUT2D eigenvalue weighted by Gasteiger charge is 2.29. The van der Waals surface area contributed by atoms with Crippen LogP contribution in [0.15, 0.2) is 12.4 Å². The Morgan fingerprint density at radius 3 is 2.83 bits per heavy atom. The average Bonchev–Trinajstić information content (AvgIpc) is 2.34. The molecule has 0 bridgehead atoms. The van der Waals surface area contributed by atoms with Crippen molar-refractivity contribution in [2.45, 2.75) is 6.04 Å². The van der Waals surface area contributed by atoms with E-state index in [1.54, 1.807) is 6.20 Å². The highest BCUT2D eigenvalue weighted by Crippen LogP contribution is 2.17. The second-order valence-corrected chi connectivity index (χ2v) is 3.44. The molecule has 1 aromatic rings. The number of aromatic amines is 1. The molecule has 0 aromatic carbocycles. The summed E-state index contributed by atoms with van der Waals surface area (Å²) in [5.41, 5.74) is 0. The van der Waals surface area contributed by atoms with Gasteiger partial charge in [0.15, 0.2) is 0 Å². The van der Waals surface area contributed by atoms with Crippen molar-refractivity contribution in [1.82, 2.24) is 14.9 Å². The van der Waals surface area contributed by atoms with E-state index in [1.807, 2.05) is 6.20 Å². The van der Waals surface area contributed by atoms with Gasteiger partial charge in [0.25, 0.3) is 0 Å². The zero-order valence-electron chi connectivity index (χ0n) is 7.49. The molecule has 2 heterocycles. The Morgan fingerprint density at radius 1 is 1.58 bits per heavy atom. The number of aromatic nitrogens is 2. The van der Waals surface area contributed by atoms with Crippen LogP contribution in [0, 0.1) is 0 Å². The molecule has 1 aliphatic rings. The number of imidazole rings is 1. The van der Waals surface area contributed by atoms with Crippen LogP contribution in [0.25, 0.3) is 0 Å². The monoisotopic (exact) mass is 166 g/mol. The summed E-state index contributed by atoms with van der Waals surface area (Å²) in [5.74, 6) is 0.994. The Hall–Kier alpha value is -1.03. The molecule has 4 nitrogen and oxygen atoms in total. The molecule has 0 spiro atoms. The van der Waals surface area contributed by atoms with E-state index in [1.165, 1.54) is 0 Å². The van der Waals surface area contributed by atoms with Crippen LogP contribution in [0.5, 0.6) is 0 Å². The molecule has 0 saturated carbocycles. The Balaban J connectivity index is 1.90. The van der Waals surface area contributed by atoms with E-state index in [0.29, 0.717) is 6.04 Å². The smallest absolute Gasteiger partial charge is 0.202 e. The molecule has 1 aromatic heterocycles. The number of likely N-dealkylation sites (N-methyl/N-ethyl adjacent to an activating group) is 1. The molecule has 0 aliphatic carbocycles. The number of H-pyrrole nitrogens is 1. The van der Waals surface area contributed by atoms with Gasteiger partial charge in [0, 0.05) is 31.5 Å². The summed E-state index contributed by atoms with van der Waals surface area (Å²) < 4.78 is 0. The maximum Gasteiger partial charge on any atom is 0.202 e. The molecule has 0 radical (unpaired) electrons. The first kappa shape index (κ1) is 7.61. The van der Waals surface area contributed by atoms with Crippen LogP contribution >= 0.6 is 0 Å². The molecular weight excluding hydrogens is 152 g/mol. The number of nitrogens with zero attached hydrogens (tertiary/aromatic N) is 3. The first-order chi connectivity index (χ1) is 5.77. The van der Waals surface area contributed by atoms with Gasteiger partial charge in [0.05, 0.1) is 0 Å². The molecule has 12 heavy (non-hydrogen) atoms. The minimum Gasteiger partial charge on any atom is -0.339 e. The molecule has 0 amide bonds. The third-order valence-electron chi connectivity index (χ3n) is 2.38. The Labute approximate surface area is 72.2 Å². The van der Waals surface area contributed by atoms with Crippen molar-refractivity contribution in [2.24, 2.45) is 0 Å². The zero-order valence-corrected chi connectivity index (χ0v) is 7.49. The first-order valence-electron chi connectivity index (χ1n) is 4.18. The lowest BCUT2D eigenvalue weighted by Crippen LogP contribution is -2.57. The maximum atomic E-state index is 4.18. The second-order valence-electron chi connectivity index (χ2n) is 3.44. The Morgan fingerprint density at radius 2 is 2.33 bits per heavy atom. The van der Waals surface area contributed by atoms with Gasteiger partial charge < -0.3 is 14.8 Å². The summed E-state index contributed by atoms with van der Waals surface area (Å²) in [6.07, 6.45) is 3.65. The summed E-state index contributed by atoms with van der Waals surface area (Å²) in [4.78, 5) is 11.8. The molecular formula is C8H14N4. The van der Waals surface area contributed by atoms with Crippen molar-refractivity contribution < 1.29 is 0 Å². The average molecular weight is 166 g/mol. The van der Waals surface area contributed by atoms with E-state index in [0.717, 1.165) is 19.0 Å². The fourth-order valence-corrected chi connectivity index (χ4v) is 1.38. The lowest BCUT2D eigenvalue weighted by molar-refractivity contribution is 0.245. The second kappa shape index (κ2) is 2.79. The lowest BCUT2D eigenvalue weighted by atomic mass is 10.1. The van der Waals surface area contributed by atoms with Gasteiger partial charge in [0.1, 0.15) is 0 Å². The minimum absolute atomic E-state index is 0.690. The van der Waals surface area contributed by atoms with Crippen LogP contribution in [0.2, 0.25) is 0 Å². The fourth-order valence-electron chi connectivity index (χ4n) is 1.38. The molecule has 1 N–H and O–H groups in total. The lowest BCUT2D eigenvalue weighted by Gasteiger charge is -2.42. The van der Waals surface area contributed by atoms with Crippen molar-refractivity contribution in [2.75, 3.05) is 32.1 Å². The normalized spacial score (nSPS) is 18.4. The SMILES string of the molecule is CN(C)C1CN(c2ncc[nH]2)C1. The molecule has 0 unspecified atom stereocenters. The summed E-state index contributed by atoms with van der Waals surface area (Å²) in [6.45, 7) is 2.17. The largest absolute Gasteiger partial charge is 0.339 e. The number of rotatable bonds is 2. The topological polar surface area (TPSA) is 35.2 Å². The maximum absolute atomic E-state index is 4.18. The molecule has 1 fully saturated rings. The third kappa shape index (κ3) is 1.18. The van der Waals surface area contributed by atoms with E-state index >= 15 is 0 Å². The van der Waals surface area contributed by atoms with Gasteiger partial charge in [-0.1, -0.05) is 0 Å².